The molecular weight excluding hydrogens is 304 g/mol. The van der Waals surface area contributed by atoms with E-state index in [4.69, 9.17) is 4.74 Å². The minimum Gasteiger partial charge on any atom is -0.383 e. The summed E-state index contributed by atoms with van der Waals surface area (Å²) in [5.74, 6) is -0.114. The number of benzene rings is 1. The highest BCUT2D eigenvalue weighted by molar-refractivity contribution is 7.90. The topological polar surface area (TPSA) is 75.7 Å². The van der Waals surface area contributed by atoms with Crippen LogP contribution in [0.3, 0.4) is 0 Å². The molecule has 1 N–H and O–H groups in total. The molecule has 2 rings (SSSR count). The van der Waals surface area contributed by atoms with Crippen LogP contribution in [0.1, 0.15) is 23.2 Å². The first-order valence-corrected chi connectivity index (χ1v) is 8.91. The lowest BCUT2D eigenvalue weighted by Gasteiger charge is -2.32. The van der Waals surface area contributed by atoms with E-state index >= 15 is 0 Å². The average Bonchev–Trinajstić information content (AvgIpc) is 2.55. The number of ether oxygens (including phenoxy) is 1. The number of hydrogen-bond acceptors (Lipinski definition) is 4. The van der Waals surface area contributed by atoms with E-state index in [9.17, 15) is 13.2 Å². The number of amides is 1. The van der Waals surface area contributed by atoms with Crippen molar-refractivity contribution < 1.29 is 17.9 Å². The number of piperidine rings is 1. The van der Waals surface area contributed by atoms with Gasteiger partial charge in [-0.05, 0) is 25.0 Å². The highest BCUT2D eigenvalue weighted by Crippen LogP contribution is 2.18. The van der Waals surface area contributed by atoms with Gasteiger partial charge in [0, 0.05) is 32.3 Å². The summed E-state index contributed by atoms with van der Waals surface area (Å²) in [6, 6.07) is 8.95. The average molecular weight is 326 g/mol. The van der Waals surface area contributed by atoms with Crippen LogP contribution in [-0.2, 0) is 14.8 Å². The smallest absolute Gasteiger partial charge is 0.253 e. The van der Waals surface area contributed by atoms with Crippen LogP contribution in [0.25, 0.3) is 0 Å². The Morgan fingerprint density at radius 2 is 2.09 bits per heavy atom. The Bertz CT molecular complexity index is 589. The summed E-state index contributed by atoms with van der Waals surface area (Å²) in [7, 11) is -1.91. The van der Waals surface area contributed by atoms with Gasteiger partial charge in [0.25, 0.3) is 5.91 Å². The van der Waals surface area contributed by atoms with E-state index in [1.807, 2.05) is 6.07 Å². The zero-order valence-corrected chi connectivity index (χ0v) is 13.5. The van der Waals surface area contributed by atoms with Gasteiger partial charge < -0.3 is 9.64 Å². The summed E-state index contributed by atoms with van der Waals surface area (Å²) in [6.45, 7) is 1.41. The predicted octanol–water partition coefficient (Wildman–Crippen LogP) is 0.857. The van der Waals surface area contributed by atoms with E-state index < -0.39 is 15.3 Å². The van der Waals surface area contributed by atoms with Gasteiger partial charge in [-0.1, -0.05) is 18.2 Å². The largest absolute Gasteiger partial charge is 0.383 e. The molecule has 1 aromatic carbocycles. The molecule has 1 aliphatic heterocycles. The highest BCUT2D eigenvalue weighted by atomic mass is 32.2. The Morgan fingerprint density at radius 1 is 1.36 bits per heavy atom. The molecule has 0 aliphatic carbocycles. The third kappa shape index (κ3) is 4.28. The van der Waals surface area contributed by atoms with E-state index in [0.717, 1.165) is 0 Å². The minimum absolute atomic E-state index is 0.114. The molecule has 0 radical (unpaired) electrons. The number of nitrogens with zero attached hydrogens (tertiary/aromatic N) is 1. The van der Waals surface area contributed by atoms with E-state index in [-0.39, 0.29) is 19.0 Å². The standard InChI is InChI=1S/C15H22N2O4S/c1-21-11-9-16-22(19,20)14-8-5-10-17(12-14)15(18)13-6-3-2-4-7-13/h2-4,6-7,14,16H,5,8-12H2,1H3/t14-/m1/s1. The Balaban J connectivity index is 2.01. The normalized spacial score (nSPS) is 19.1. The number of sulfonamides is 1. The van der Waals surface area contributed by atoms with Gasteiger partial charge in [-0.25, -0.2) is 13.1 Å². The van der Waals surface area contributed by atoms with Crippen LogP contribution in [-0.4, -0.2) is 57.8 Å². The zero-order chi connectivity index (χ0) is 16.0. The molecule has 0 spiro atoms. The second-order valence-electron chi connectivity index (χ2n) is 5.31. The first-order chi connectivity index (χ1) is 10.5. The molecule has 1 atom stereocenters. The molecule has 0 bridgehead atoms. The first kappa shape index (κ1) is 16.9. The summed E-state index contributed by atoms with van der Waals surface area (Å²) in [5.41, 5.74) is 0.591. The highest BCUT2D eigenvalue weighted by Gasteiger charge is 2.32. The lowest BCUT2D eigenvalue weighted by atomic mass is 10.1. The molecule has 122 valence electrons. The van der Waals surface area contributed by atoms with Crippen LogP contribution >= 0.6 is 0 Å². The maximum absolute atomic E-state index is 12.4. The van der Waals surface area contributed by atoms with Crippen molar-refractivity contribution in [1.82, 2.24) is 9.62 Å². The lowest BCUT2D eigenvalue weighted by molar-refractivity contribution is 0.0726. The van der Waals surface area contributed by atoms with Gasteiger partial charge in [-0.3, -0.25) is 4.79 Å². The maximum Gasteiger partial charge on any atom is 0.253 e. The van der Waals surface area contributed by atoms with Crippen molar-refractivity contribution in [3.63, 3.8) is 0 Å². The first-order valence-electron chi connectivity index (χ1n) is 7.36. The fourth-order valence-electron chi connectivity index (χ4n) is 2.54. The Hall–Kier alpha value is -1.44. The van der Waals surface area contributed by atoms with Crippen LogP contribution in [0.4, 0.5) is 0 Å². The van der Waals surface area contributed by atoms with Crippen molar-refractivity contribution in [1.29, 1.82) is 0 Å². The lowest BCUT2D eigenvalue weighted by Crippen LogP contribution is -2.48. The van der Waals surface area contributed by atoms with E-state index in [1.165, 1.54) is 7.11 Å². The zero-order valence-electron chi connectivity index (χ0n) is 12.7. The van der Waals surface area contributed by atoms with Crippen molar-refractivity contribution in [2.24, 2.45) is 0 Å². The minimum atomic E-state index is -3.43. The van der Waals surface area contributed by atoms with Crippen LogP contribution in [0.2, 0.25) is 0 Å². The molecule has 0 unspecified atom stereocenters. The van der Waals surface area contributed by atoms with Gasteiger partial charge in [0.1, 0.15) is 0 Å². The third-order valence-electron chi connectivity index (χ3n) is 3.73. The monoisotopic (exact) mass is 326 g/mol. The summed E-state index contributed by atoms with van der Waals surface area (Å²) < 4.78 is 31.9. The van der Waals surface area contributed by atoms with Gasteiger partial charge in [0.2, 0.25) is 10.0 Å². The number of likely N-dealkylation sites (tertiary alicyclic amines) is 1. The Morgan fingerprint density at radius 3 is 2.77 bits per heavy atom. The van der Waals surface area contributed by atoms with Crippen LogP contribution in [0.15, 0.2) is 30.3 Å². The summed E-state index contributed by atoms with van der Waals surface area (Å²) in [6.07, 6.45) is 1.26. The molecule has 1 saturated heterocycles. The van der Waals surface area contributed by atoms with Gasteiger partial charge in [-0.2, -0.15) is 0 Å². The van der Waals surface area contributed by atoms with Gasteiger partial charge in [0.15, 0.2) is 0 Å². The van der Waals surface area contributed by atoms with Crippen molar-refractivity contribution in [2.75, 3.05) is 33.4 Å². The quantitative estimate of drug-likeness (QED) is 0.787. The number of methoxy groups -OCH3 is 1. The fraction of sp³-hybridized carbons (Fsp3) is 0.533. The molecule has 22 heavy (non-hydrogen) atoms. The summed E-state index contributed by atoms with van der Waals surface area (Å²) in [4.78, 5) is 14.0. The van der Waals surface area contributed by atoms with Gasteiger partial charge in [0.05, 0.1) is 11.9 Å². The van der Waals surface area contributed by atoms with Gasteiger partial charge >= 0.3 is 0 Å². The van der Waals surface area contributed by atoms with Crippen LogP contribution in [0, 0.1) is 0 Å². The number of rotatable bonds is 6. The third-order valence-corrected chi connectivity index (χ3v) is 5.60. The van der Waals surface area contributed by atoms with Crippen molar-refractivity contribution in [2.45, 2.75) is 18.1 Å². The van der Waals surface area contributed by atoms with Crippen molar-refractivity contribution >= 4 is 15.9 Å². The second-order valence-corrected chi connectivity index (χ2v) is 7.36. The van der Waals surface area contributed by atoms with E-state index in [2.05, 4.69) is 4.72 Å². The van der Waals surface area contributed by atoms with Crippen molar-refractivity contribution in [3.8, 4) is 0 Å². The molecule has 1 amide bonds. The van der Waals surface area contributed by atoms with E-state index in [1.54, 1.807) is 29.2 Å². The molecular formula is C15H22N2O4S. The maximum atomic E-state index is 12.4. The number of carbonyl (C=O) groups excluding carboxylic acids is 1. The van der Waals surface area contributed by atoms with E-state index in [0.29, 0.717) is 31.6 Å². The molecule has 0 saturated carbocycles. The molecule has 0 aromatic heterocycles. The van der Waals surface area contributed by atoms with Crippen LogP contribution in [0.5, 0.6) is 0 Å². The second kappa shape index (κ2) is 7.71. The summed E-state index contributed by atoms with van der Waals surface area (Å²) in [5, 5.41) is -0.564. The fourth-order valence-corrected chi connectivity index (χ4v) is 4.00. The predicted molar refractivity (Wildman–Crippen MR) is 84.2 cm³/mol. The molecule has 7 heteroatoms. The Labute approximate surface area is 131 Å². The molecule has 1 aromatic rings. The van der Waals surface area contributed by atoms with Crippen LogP contribution < -0.4 is 4.72 Å². The number of hydrogen-bond donors (Lipinski definition) is 1. The number of nitrogens with one attached hydrogen (secondary N) is 1. The number of carbonyl (C=O) groups is 1. The summed E-state index contributed by atoms with van der Waals surface area (Å²) >= 11 is 0. The molecule has 1 fully saturated rings. The van der Waals surface area contributed by atoms with Crippen molar-refractivity contribution in [3.05, 3.63) is 35.9 Å². The SMILES string of the molecule is COCCNS(=O)(=O)[C@@H]1CCCN(C(=O)c2ccccc2)C1. The Kier molecular flexibility index (Phi) is 5.93. The molecule has 1 heterocycles. The molecule has 1 aliphatic rings. The van der Waals surface area contributed by atoms with Gasteiger partial charge in [-0.15, -0.1) is 0 Å². The molecule has 6 nitrogen and oxygen atoms in total.